The molecule has 2 aliphatic rings. The van der Waals surface area contributed by atoms with Gasteiger partial charge in [0.2, 0.25) is 0 Å². The standard InChI is InChI=1S/C12H23NO/c1-10(7-8-10)11(2,14)12(9-13)5-3-4-6-12/h14H,3-9,13H2,1-2H3. The summed E-state index contributed by atoms with van der Waals surface area (Å²) in [5, 5.41) is 10.8. The van der Waals surface area contributed by atoms with Crippen LogP contribution in [0.2, 0.25) is 0 Å². The molecule has 0 saturated heterocycles. The monoisotopic (exact) mass is 197 g/mol. The Balaban J connectivity index is 2.25. The zero-order chi connectivity index (χ0) is 10.4. The molecule has 2 aliphatic carbocycles. The fraction of sp³-hybridized carbons (Fsp3) is 1.00. The summed E-state index contributed by atoms with van der Waals surface area (Å²) in [4.78, 5) is 0. The molecule has 0 bridgehead atoms. The molecule has 2 heteroatoms. The first-order valence-electron chi connectivity index (χ1n) is 5.90. The summed E-state index contributed by atoms with van der Waals surface area (Å²) >= 11 is 0. The molecule has 0 aromatic rings. The minimum absolute atomic E-state index is 0.0122. The largest absolute Gasteiger partial charge is 0.389 e. The number of nitrogens with two attached hydrogens (primary N) is 1. The van der Waals surface area contributed by atoms with Gasteiger partial charge >= 0.3 is 0 Å². The lowest BCUT2D eigenvalue weighted by atomic mass is 9.64. The third-order valence-corrected chi connectivity index (χ3v) is 5.16. The first kappa shape index (κ1) is 10.4. The second-order valence-electron chi connectivity index (χ2n) is 5.82. The van der Waals surface area contributed by atoms with E-state index in [2.05, 4.69) is 6.92 Å². The van der Waals surface area contributed by atoms with Crippen LogP contribution in [0.1, 0.15) is 52.4 Å². The molecule has 2 saturated carbocycles. The highest BCUT2D eigenvalue weighted by molar-refractivity contribution is 5.13. The van der Waals surface area contributed by atoms with Gasteiger partial charge in [-0.1, -0.05) is 19.8 Å². The zero-order valence-corrected chi connectivity index (χ0v) is 9.47. The minimum Gasteiger partial charge on any atom is -0.389 e. The van der Waals surface area contributed by atoms with Gasteiger partial charge in [0.05, 0.1) is 5.60 Å². The summed E-state index contributed by atoms with van der Waals surface area (Å²) in [6, 6.07) is 0. The van der Waals surface area contributed by atoms with Gasteiger partial charge in [0.1, 0.15) is 0 Å². The second kappa shape index (κ2) is 2.96. The normalized spacial score (nSPS) is 32.6. The van der Waals surface area contributed by atoms with E-state index < -0.39 is 5.60 Å². The van der Waals surface area contributed by atoms with Gasteiger partial charge in [-0.2, -0.15) is 0 Å². The maximum atomic E-state index is 10.8. The highest BCUT2D eigenvalue weighted by Crippen LogP contribution is 2.62. The summed E-state index contributed by atoms with van der Waals surface area (Å²) in [6.07, 6.45) is 7.05. The van der Waals surface area contributed by atoms with Crippen LogP contribution in [-0.4, -0.2) is 17.3 Å². The lowest BCUT2D eigenvalue weighted by molar-refractivity contribution is -0.114. The van der Waals surface area contributed by atoms with Crippen LogP contribution in [0.3, 0.4) is 0 Å². The maximum absolute atomic E-state index is 10.8. The van der Waals surface area contributed by atoms with E-state index in [4.69, 9.17) is 5.73 Å². The summed E-state index contributed by atoms with van der Waals surface area (Å²) in [5.41, 5.74) is 5.53. The molecule has 3 N–H and O–H groups in total. The molecular formula is C12H23NO. The highest BCUT2D eigenvalue weighted by atomic mass is 16.3. The van der Waals surface area contributed by atoms with Crippen LogP contribution in [0.25, 0.3) is 0 Å². The highest BCUT2D eigenvalue weighted by Gasteiger charge is 2.62. The number of hydrogen-bond donors (Lipinski definition) is 2. The molecular weight excluding hydrogens is 174 g/mol. The summed E-state index contributed by atoms with van der Waals surface area (Å²) in [5.74, 6) is 0. The van der Waals surface area contributed by atoms with Crippen LogP contribution in [0.15, 0.2) is 0 Å². The maximum Gasteiger partial charge on any atom is 0.0740 e. The van der Waals surface area contributed by atoms with E-state index in [9.17, 15) is 5.11 Å². The molecule has 0 aromatic heterocycles. The smallest absolute Gasteiger partial charge is 0.0740 e. The van der Waals surface area contributed by atoms with Crippen LogP contribution in [0.4, 0.5) is 0 Å². The van der Waals surface area contributed by atoms with Crippen molar-refractivity contribution >= 4 is 0 Å². The molecule has 0 amide bonds. The molecule has 1 atom stereocenters. The lowest BCUT2D eigenvalue weighted by Gasteiger charge is -2.46. The Morgan fingerprint density at radius 2 is 1.71 bits per heavy atom. The van der Waals surface area contributed by atoms with Gasteiger partial charge in [-0.25, -0.2) is 0 Å². The molecule has 0 aliphatic heterocycles. The van der Waals surface area contributed by atoms with Crippen LogP contribution in [-0.2, 0) is 0 Å². The fourth-order valence-corrected chi connectivity index (χ4v) is 3.26. The van der Waals surface area contributed by atoms with Crippen LogP contribution >= 0.6 is 0 Å². The van der Waals surface area contributed by atoms with E-state index >= 15 is 0 Å². The third kappa shape index (κ3) is 1.17. The molecule has 82 valence electrons. The predicted octanol–water partition coefficient (Wildman–Crippen LogP) is 2.06. The van der Waals surface area contributed by atoms with Gasteiger partial charge in [-0.3, -0.25) is 0 Å². The van der Waals surface area contributed by atoms with Crippen molar-refractivity contribution < 1.29 is 5.11 Å². The molecule has 2 fully saturated rings. The van der Waals surface area contributed by atoms with Crippen molar-refractivity contribution in [2.24, 2.45) is 16.6 Å². The lowest BCUT2D eigenvalue weighted by Crippen LogP contribution is -2.54. The number of aliphatic hydroxyl groups is 1. The Labute approximate surface area is 86.9 Å². The molecule has 1 unspecified atom stereocenters. The van der Waals surface area contributed by atoms with E-state index in [1.54, 1.807) is 0 Å². The SMILES string of the molecule is CC1(C(C)(O)C2(CN)CCCC2)CC1. The van der Waals surface area contributed by atoms with Crippen molar-refractivity contribution in [3.8, 4) is 0 Å². The molecule has 0 heterocycles. The van der Waals surface area contributed by atoms with Crippen molar-refractivity contribution in [1.82, 2.24) is 0 Å². The number of rotatable bonds is 3. The Morgan fingerprint density at radius 3 is 2.07 bits per heavy atom. The Morgan fingerprint density at radius 1 is 1.21 bits per heavy atom. The topological polar surface area (TPSA) is 46.2 Å². The predicted molar refractivity (Wildman–Crippen MR) is 57.9 cm³/mol. The van der Waals surface area contributed by atoms with E-state index in [1.807, 2.05) is 6.92 Å². The quantitative estimate of drug-likeness (QED) is 0.727. The first-order valence-corrected chi connectivity index (χ1v) is 5.90. The van der Waals surface area contributed by atoms with Gasteiger partial charge < -0.3 is 10.8 Å². The summed E-state index contributed by atoms with van der Waals surface area (Å²) in [6.45, 7) is 4.89. The summed E-state index contributed by atoms with van der Waals surface area (Å²) < 4.78 is 0. The van der Waals surface area contributed by atoms with Crippen molar-refractivity contribution in [3.63, 3.8) is 0 Å². The van der Waals surface area contributed by atoms with Crippen molar-refractivity contribution in [1.29, 1.82) is 0 Å². The van der Waals surface area contributed by atoms with Gasteiger partial charge in [0.15, 0.2) is 0 Å². The second-order valence-corrected chi connectivity index (χ2v) is 5.82. The van der Waals surface area contributed by atoms with E-state index in [1.165, 1.54) is 25.7 Å². The zero-order valence-electron chi connectivity index (χ0n) is 9.47. The molecule has 0 spiro atoms. The molecule has 0 radical (unpaired) electrons. The van der Waals surface area contributed by atoms with E-state index in [0.29, 0.717) is 6.54 Å². The Hall–Kier alpha value is -0.0800. The Bertz CT molecular complexity index is 224. The van der Waals surface area contributed by atoms with Gasteiger partial charge in [-0.05, 0) is 38.0 Å². The third-order valence-electron chi connectivity index (χ3n) is 5.16. The van der Waals surface area contributed by atoms with Gasteiger partial charge in [-0.15, -0.1) is 0 Å². The van der Waals surface area contributed by atoms with Crippen molar-refractivity contribution in [3.05, 3.63) is 0 Å². The van der Waals surface area contributed by atoms with E-state index in [0.717, 1.165) is 12.8 Å². The van der Waals surface area contributed by atoms with E-state index in [-0.39, 0.29) is 10.8 Å². The molecule has 2 rings (SSSR count). The van der Waals surface area contributed by atoms with Gasteiger partial charge in [0, 0.05) is 12.0 Å². The first-order chi connectivity index (χ1) is 6.47. The molecule has 0 aromatic carbocycles. The average Bonchev–Trinajstić information content (AvgIpc) is 2.74. The minimum atomic E-state index is -0.550. The fourth-order valence-electron chi connectivity index (χ4n) is 3.26. The van der Waals surface area contributed by atoms with Crippen LogP contribution in [0, 0.1) is 10.8 Å². The average molecular weight is 197 g/mol. The molecule has 2 nitrogen and oxygen atoms in total. The van der Waals surface area contributed by atoms with Crippen LogP contribution < -0.4 is 5.73 Å². The summed E-state index contributed by atoms with van der Waals surface area (Å²) in [7, 11) is 0. The van der Waals surface area contributed by atoms with Crippen molar-refractivity contribution in [2.45, 2.75) is 58.0 Å². The van der Waals surface area contributed by atoms with Gasteiger partial charge in [0.25, 0.3) is 0 Å². The number of hydrogen-bond acceptors (Lipinski definition) is 2. The Kier molecular flexibility index (Phi) is 2.20. The molecule has 14 heavy (non-hydrogen) atoms. The van der Waals surface area contributed by atoms with Crippen LogP contribution in [0.5, 0.6) is 0 Å². The van der Waals surface area contributed by atoms with Crippen molar-refractivity contribution in [2.75, 3.05) is 6.54 Å².